The smallest absolute Gasteiger partial charge is 0.258 e. The van der Waals surface area contributed by atoms with Gasteiger partial charge in [-0.05, 0) is 0 Å². The van der Waals surface area contributed by atoms with E-state index in [1.165, 1.54) is 11.8 Å². The summed E-state index contributed by atoms with van der Waals surface area (Å²) in [6.45, 7) is 2.98. The number of alkyl halides is 2. The van der Waals surface area contributed by atoms with Crippen LogP contribution in [0.3, 0.4) is 0 Å². The van der Waals surface area contributed by atoms with E-state index >= 15 is 0 Å². The number of fused-ring (bicyclic) bond motifs is 1. The molecule has 84 valence electrons. The van der Waals surface area contributed by atoms with Gasteiger partial charge in [0.2, 0.25) is 5.91 Å². The van der Waals surface area contributed by atoms with Crippen LogP contribution in [0.2, 0.25) is 0 Å². The standard InChI is InChI=1S/C10H13F2NO2/c1-3-7(15)9-8-6(10(8,11)12)4-13(9)5(2)14/h6,8-9H,3-4H2,1-2H3/t6-,8-,9+/m0/s1. The Hall–Kier alpha value is -1.00. The van der Waals surface area contributed by atoms with Crippen LogP contribution in [0.5, 0.6) is 0 Å². The van der Waals surface area contributed by atoms with E-state index in [9.17, 15) is 18.4 Å². The van der Waals surface area contributed by atoms with Crippen molar-refractivity contribution in [3.8, 4) is 0 Å². The molecule has 15 heavy (non-hydrogen) atoms. The molecule has 0 spiro atoms. The zero-order valence-electron chi connectivity index (χ0n) is 8.67. The molecular formula is C10H13F2NO2. The molecule has 1 amide bonds. The number of Topliss-reactive ketones (excluding diaryl/α,β-unsaturated/α-hetero) is 1. The number of carbonyl (C=O) groups excluding carboxylic acids is 2. The third kappa shape index (κ3) is 1.28. The number of nitrogens with zero attached hydrogens (tertiary/aromatic N) is 1. The summed E-state index contributed by atoms with van der Waals surface area (Å²) in [5.41, 5.74) is 0. The minimum atomic E-state index is -2.73. The molecule has 0 aromatic heterocycles. The lowest BCUT2D eigenvalue weighted by Crippen LogP contribution is -2.44. The number of hydrogen-bond donors (Lipinski definition) is 0. The predicted molar refractivity (Wildman–Crippen MR) is 48.4 cm³/mol. The van der Waals surface area contributed by atoms with E-state index in [0.29, 0.717) is 0 Å². The molecule has 0 N–H and O–H groups in total. The molecule has 2 fully saturated rings. The Morgan fingerprint density at radius 2 is 2.07 bits per heavy atom. The van der Waals surface area contributed by atoms with Crippen LogP contribution in [-0.2, 0) is 9.59 Å². The Balaban J connectivity index is 2.22. The third-order valence-corrected chi connectivity index (χ3v) is 3.42. The highest BCUT2D eigenvalue weighted by molar-refractivity contribution is 5.90. The lowest BCUT2D eigenvalue weighted by atomic mass is 10.1. The zero-order chi connectivity index (χ0) is 11.4. The molecule has 3 nitrogen and oxygen atoms in total. The summed E-state index contributed by atoms with van der Waals surface area (Å²) >= 11 is 0. The number of rotatable bonds is 2. The Morgan fingerprint density at radius 1 is 1.47 bits per heavy atom. The average molecular weight is 217 g/mol. The van der Waals surface area contributed by atoms with Crippen molar-refractivity contribution in [1.29, 1.82) is 0 Å². The molecule has 5 heteroatoms. The first kappa shape index (κ1) is 10.5. The Bertz CT molecular complexity index is 329. The molecular weight excluding hydrogens is 204 g/mol. The second kappa shape index (κ2) is 3.00. The Labute approximate surface area is 86.4 Å². The molecule has 0 bridgehead atoms. The number of halogens is 2. The predicted octanol–water partition coefficient (Wildman–Crippen LogP) is 1.08. The maximum absolute atomic E-state index is 13.1. The molecule has 1 saturated carbocycles. The van der Waals surface area contributed by atoms with Gasteiger partial charge in [-0.15, -0.1) is 0 Å². The van der Waals surface area contributed by atoms with Crippen molar-refractivity contribution in [2.24, 2.45) is 11.8 Å². The van der Waals surface area contributed by atoms with Gasteiger partial charge in [0.15, 0.2) is 5.78 Å². The number of carbonyl (C=O) groups is 2. The van der Waals surface area contributed by atoms with Crippen molar-refractivity contribution in [1.82, 2.24) is 4.90 Å². The fraction of sp³-hybridized carbons (Fsp3) is 0.800. The minimum Gasteiger partial charge on any atom is -0.332 e. The summed E-state index contributed by atoms with van der Waals surface area (Å²) in [5, 5.41) is 0. The van der Waals surface area contributed by atoms with Crippen molar-refractivity contribution in [3.63, 3.8) is 0 Å². The SMILES string of the molecule is CCC(=O)[C@@H]1[C@@H]2[C@H](CN1C(C)=O)C2(F)F. The maximum Gasteiger partial charge on any atom is 0.258 e. The van der Waals surface area contributed by atoms with E-state index in [4.69, 9.17) is 0 Å². The van der Waals surface area contributed by atoms with Crippen LogP contribution in [0.4, 0.5) is 8.78 Å². The van der Waals surface area contributed by atoms with Gasteiger partial charge in [0.25, 0.3) is 5.92 Å². The number of amides is 1. The quantitative estimate of drug-likeness (QED) is 0.694. The second-order valence-electron chi connectivity index (χ2n) is 4.24. The van der Waals surface area contributed by atoms with Gasteiger partial charge < -0.3 is 4.90 Å². The van der Waals surface area contributed by atoms with Crippen molar-refractivity contribution in [3.05, 3.63) is 0 Å². The van der Waals surface area contributed by atoms with Gasteiger partial charge in [-0.25, -0.2) is 8.78 Å². The van der Waals surface area contributed by atoms with Crippen molar-refractivity contribution < 1.29 is 18.4 Å². The highest BCUT2D eigenvalue weighted by atomic mass is 19.3. The molecule has 1 saturated heterocycles. The number of piperidine rings is 1. The molecule has 0 aromatic carbocycles. The molecule has 1 aliphatic carbocycles. The van der Waals surface area contributed by atoms with Gasteiger partial charge in [0.05, 0.1) is 17.9 Å². The molecule has 0 radical (unpaired) electrons. The summed E-state index contributed by atoms with van der Waals surface area (Å²) in [4.78, 5) is 24.0. The van der Waals surface area contributed by atoms with Crippen LogP contribution in [0, 0.1) is 11.8 Å². The topological polar surface area (TPSA) is 37.4 Å². The normalized spacial score (nSPS) is 36.3. The maximum atomic E-state index is 13.1. The summed E-state index contributed by atoms with van der Waals surface area (Å²) in [5.74, 6) is -4.99. The van der Waals surface area contributed by atoms with E-state index in [-0.39, 0.29) is 24.7 Å². The Morgan fingerprint density at radius 3 is 2.53 bits per heavy atom. The summed E-state index contributed by atoms with van der Waals surface area (Å²) in [6, 6.07) is -0.882. The minimum absolute atomic E-state index is 0.0312. The van der Waals surface area contributed by atoms with Crippen LogP contribution in [-0.4, -0.2) is 35.1 Å². The van der Waals surface area contributed by atoms with E-state index in [2.05, 4.69) is 0 Å². The Kier molecular flexibility index (Phi) is 2.10. The van der Waals surface area contributed by atoms with E-state index in [1.807, 2.05) is 0 Å². The van der Waals surface area contributed by atoms with Gasteiger partial charge in [0.1, 0.15) is 0 Å². The fourth-order valence-electron chi connectivity index (χ4n) is 2.51. The van der Waals surface area contributed by atoms with Gasteiger partial charge in [-0.2, -0.15) is 0 Å². The van der Waals surface area contributed by atoms with Gasteiger partial charge in [-0.1, -0.05) is 6.92 Å². The third-order valence-electron chi connectivity index (χ3n) is 3.42. The van der Waals surface area contributed by atoms with Gasteiger partial charge in [0, 0.05) is 19.9 Å². The number of ketones is 1. The molecule has 1 aliphatic heterocycles. The number of hydrogen-bond acceptors (Lipinski definition) is 2. The van der Waals surface area contributed by atoms with Crippen LogP contribution in [0.25, 0.3) is 0 Å². The first-order chi connectivity index (χ1) is 6.91. The molecule has 3 atom stereocenters. The van der Waals surface area contributed by atoms with E-state index < -0.39 is 23.8 Å². The van der Waals surface area contributed by atoms with Crippen LogP contribution in [0.1, 0.15) is 20.3 Å². The molecule has 2 aliphatic rings. The largest absolute Gasteiger partial charge is 0.332 e. The first-order valence-electron chi connectivity index (χ1n) is 5.09. The molecule has 0 aromatic rings. The van der Waals surface area contributed by atoms with Gasteiger partial charge in [-0.3, -0.25) is 9.59 Å². The fourth-order valence-corrected chi connectivity index (χ4v) is 2.51. The van der Waals surface area contributed by atoms with Crippen LogP contribution >= 0.6 is 0 Å². The average Bonchev–Trinajstić information content (AvgIpc) is 2.60. The zero-order valence-corrected chi connectivity index (χ0v) is 8.67. The van der Waals surface area contributed by atoms with Crippen molar-refractivity contribution >= 4 is 11.7 Å². The van der Waals surface area contributed by atoms with Crippen LogP contribution in [0.15, 0.2) is 0 Å². The summed E-state index contributed by atoms with van der Waals surface area (Å²) in [6.07, 6.45) is 0.202. The molecule has 1 heterocycles. The van der Waals surface area contributed by atoms with Crippen molar-refractivity contribution in [2.75, 3.05) is 6.54 Å². The highest BCUT2D eigenvalue weighted by Crippen LogP contribution is 2.62. The lowest BCUT2D eigenvalue weighted by Gasteiger charge is -2.26. The van der Waals surface area contributed by atoms with E-state index in [1.54, 1.807) is 6.92 Å². The molecule has 2 rings (SSSR count). The van der Waals surface area contributed by atoms with Gasteiger partial charge >= 0.3 is 0 Å². The van der Waals surface area contributed by atoms with E-state index in [0.717, 1.165) is 0 Å². The second-order valence-corrected chi connectivity index (χ2v) is 4.24. The summed E-state index contributed by atoms with van der Waals surface area (Å²) in [7, 11) is 0. The van der Waals surface area contributed by atoms with Crippen molar-refractivity contribution in [2.45, 2.75) is 32.2 Å². The lowest BCUT2D eigenvalue weighted by molar-refractivity contribution is -0.139. The highest BCUT2D eigenvalue weighted by Gasteiger charge is 2.77. The number of likely N-dealkylation sites (tertiary alicyclic amines) is 1. The first-order valence-corrected chi connectivity index (χ1v) is 5.09. The monoisotopic (exact) mass is 217 g/mol. The molecule has 0 unspecified atom stereocenters. The van der Waals surface area contributed by atoms with Crippen LogP contribution < -0.4 is 0 Å². The summed E-state index contributed by atoms with van der Waals surface area (Å²) < 4.78 is 26.3.